The van der Waals surface area contributed by atoms with Crippen molar-refractivity contribution in [3.05, 3.63) is 35.6 Å². The first-order chi connectivity index (χ1) is 6.25. The molecule has 1 aliphatic carbocycles. The number of benzene rings is 1. The summed E-state index contributed by atoms with van der Waals surface area (Å²) in [5.41, 5.74) is 1.22. The highest BCUT2D eigenvalue weighted by atomic mass is 79.9. The third-order valence-electron chi connectivity index (χ3n) is 2.48. The normalized spacial score (nSPS) is 18.6. The molecule has 1 unspecified atom stereocenters. The maximum atomic E-state index is 12.6. The van der Waals surface area contributed by atoms with Gasteiger partial charge in [0.25, 0.3) is 0 Å². The lowest BCUT2D eigenvalue weighted by molar-refractivity contribution is 0.626. The summed E-state index contributed by atoms with van der Waals surface area (Å²) in [5.74, 6) is 0.700. The zero-order valence-electron chi connectivity index (χ0n) is 7.34. The Kier molecular flexibility index (Phi) is 2.68. The van der Waals surface area contributed by atoms with E-state index in [1.54, 1.807) is 0 Å². The Morgan fingerprint density at radius 2 is 1.92 bits per heavy atom. The van der Waals surface area contributed by atoms with Gasteiger partial charge < -0.3 is 0 Å². The minimum absolute atomic E-state index is 0.152. The summed E-state index contributed by atoms with van der Waals surface area (Å²) in [6.07, 6.45) is 3.71. The van der Waals surface area contributed by atoms with Gasteiger partial charge in [0.15, 0.2) is 0 Å². The molecule has 0 heterocycles. The molecule has 0 amide bonds. The lowest BCUT2D eigenvalue weighted by Crippen LogP contribution is -2.04. The summed E-state index contributed by atoms with van der Waals surface area (Å²) in [6, 6.07) is 6.79. The molecule has 0 aromatic heterocycles. The second-order valence-corrected chi connectivity index (χ2v) is 4.86. The lowest BCUT2D eigenvalue weighted by atomic mass is 10.1. The van der Waals surface area contributed by atoms with E-state index in [0.29, 0.717) is 4.83 Å². The van der Waals surface area contributed by atoms with E-state index < -0.39 is 0 Å². The molecule has 1 aliphatic rings. The molecule has 1 fully saturated rings. The largest absolute Gasteiger partial charge is 0.207 e. The molecule has 0 bridgehead atoms. The van der Waals surface area contributed by atoms with Gasteiger partial charge in [-0.3, -0.25) is 0 Å². The van der Waals surface area contributed by atoms with Crippen molar-refractivity contribution in [2.75, 3.05) is 0 Å². The Hall–Kier alpha value is -0.370. The third-order valence-corrected chi connectivity index (χ3v) is 3.55. The Morgan fingerprint density at radius 1 is 1.31 bits per heavy atom. The molecule has 0 spiro atoms. The second kappa shape index (κ2) is 3.79. The van der Waals surface area contributed by atoms with Gasteiger partial charge >= 0.3 is 0 Å². The molecule has 2 rings (SSSR count). The fourth-order valence-corrected chi connectivity index (χ4v) is 2.37. The molecule has 0 radical (unpaired) electrons. The van der Waals surface area contributed by atoms with Crippen LogP contribution in [0.5, 0.6) is 0 Å². The lowest BCUT2D eigenvalue weighted by Gasteiger charge is -2.07. The molecule has 0 N–H and O–H groups in total. The molecule has 0 saturated heterocycles. The van der Waals surface area contributed by atoms with Crippen LogP contribution in [0, 0.1) is 11.7 Å². The maximum Gasteiger partial charge on any atom is 0.123 e. The minimum Gasteiger partial charge on any atom is -0.207 e. The topological polar surface area (TPSA) is 0 Å². The SMILES string of the molecule is Fc1ccc(CC(Br)C2CC2)cc1. The van der Waals surface area contributed by atoms with Crippen molar-refractivity contribution in [1.82, 2.24) is 0 Å². The highest BCUT2D eigenvalue weighted by Gasteiger charge is 2.28. The van der Waals surface area contributed by atoms with Crippen LogP contribution in [0.1, 0.15) is 18.4 Å². The zero-order chi connectivity index (χ0) is 9.26. The van der Waals surface area contributed by atoms with Gasteiger partial charge in [-0.1, -0.05) is 28.1 Å². The molecule has 2 heteroatoms. The standard InChI is InChI=1S/C11H12BrF/c12-11(9-3-4-9)7-8-1-5-10(13)6-2-8/h1-2,5-6,9,11H,3-4,7H2. The molecular formula is C11H12BrF. The number of hydrogen-bond donors (Lipinski definition) is 0. The second-order valence-electron chi connectivity index (χ2n) is 3.68. The average Bonchev–Trinajstić information content (AvgIpc) is 2.91. The molecule has 0 nitrogen and oxygen atoms in total. The number of alkyl halides is 1. The highest BCUT2D eigenvalue weighted by molar-refractivity contribution is 9.09. The van der Waals surface area contributed by atoms with E-state index >= 15 is 0 Å². The average molecular weight is 243 g/mol. The molecule has 0 aliphatic heterocycles. The van der Waals surface area contributed by atoms with E-state index in [-0.39, 0.29) is 5.82 Å². The van der Waals surface area contributed by atoms with Gasteiger partial charge in [-0.05, 0) is 42.9 Å². The molecule has 13 heavy (non-hydrogen) atoms. The molecule has 1 aromatic rings. The van der Waals surface area contributed by atoms with Crippen molar-refractivity contribution >= 4 is 15.9 Å². The van der Waals surface area contributed by atoms with E-state index in [2.05, 4.69) is 15.9 Å². The van der Waals surface area contributed by atoms with Gasteiger partial charge in [0.1, 0.15) is 5.82 Å². The number of rotatable bonds is 3. The molecule has 1 aromatic carbocycles. The smallest absolute Gasteiger partial charge is 0.123 e. The van der Waals surface area contributed by atoms with Crippen molar-refractivity contribution in [1.29, 1.82) is 0 Å². The van der Waals surface area contributed by atoms with Gasteiger partial charge in [-0.15, -0.1) is 0 Å². The van der Waals surface area contributed by atoms with E-state index in [0.717, 1.165) is 12.3 Å². The first-order valence-electron chi connectivity index (χ1n) is 4.64. The fraction of sp³-hybridized carbons (Fsp3) is 0.455. The van der Waals surface area contributed by atoms with Crippen LogP contribution in [-0.2, 0) is 6.42 Å². The quantitative estimate of drug-likeness (QED) is 0.712. The highest BCUT2D eigenvalue weighted by Crippen LogP contribution is 2.38. The van der Waals surface area contributed by atoms with Gasteiger partial charge in [-0.25, -0.2) is 4.39 Å². The zero-order valence-corrected chi connectivity index (χ0v) is 8.93. The molecular weight excluding hydrogens is 231 g/mol. The Bertz CT molecular complexity index is 277. The first-order valence-corrected chi connectivity index (χ1v) is 5.56. The van der Waals surface area contributed by atoms with Crippen LogP contribution < -0.4 is 0 Å². The molecule has 1 atom stereocenters. The first kappa shape index (κ1) is 9.20. The predicted octanol–water partition coefficient (Wildman–Crippen LogP) is 3.54. The molecule has 1 saturated carbocycles. The van der Waals surface area contributed by atoms with Crippen molar-refractivity contribution in [2.45, 2.75) is 24.1 Å². The van der Waals surface area contributed by atoms with Crippen molar-refractivity contribution in [3.8, 4) is 0 Å². The number of hydrogen-bond acceptors (Lipinski definition) is 0. The summed E-state index contributed by atoms with van der Waals surface area (Å²) in [5, 5.41) is 0. The predicted molar refractivity (Wildman–Crippen MR) is 55.5 cm³/mol. The fourth-order valence-electron chi connectivity index (χ4n) is 1.47. The van der Waals surface area contributed by atoms with E-state index in [1.165, 1.54) is 30.5 Å². The van der Waals surface area contributed by atoms with Crippen molar-refractivity contribution in [3.63, 3.8) is 0 Å². The summed E-state index contributed by atoms with van der Waals surface area (Å²) in [7, 11) is 0. The van der Waals surface area contributed by atoms with Gasteiger partial charge in [0.05, 0.1) is 0 Å². The summed E-state index contributed by atoms with van der Waals surface area (Å²) >= 11 is 3.67. The summed E-state index contributed by atoms with van der Waals surface area (Å²) < 4.78 is 12.6. The maximum absolute atomic E-state index is 12.6. The van der Waals surface area contributed by atoms with E-state index in [1.807, 2.05) is 12.1 Å². The Labute approximate surface area is 86.3 Å². The van der Waals surface area contributed by atoms with E-state index in [9.17, 15) is 4.39 Å². The number of halogens is 2. The monoisotopic (exact) mass is 242 g/mol. The van der Waals surface area contributed by atoms with Gasteiger partial charge in [0, 0.05) is 4.83 Å². The third kappa shape index (κ3) is 2.53. The van der Waals surface area contributed by atoms with Crippen LogP contribution in [-0.4, -0.2) is 4.83 Å². The van der Waals surface area contributed by atoms with Crippen LogP contribution in [0.25, 0.3) is 0 Å². The van der Waals surface area contributed by atoms with Gasteiger partial charge in [-0.2, -0.15) is 0 Å². The molecule has 70 valence electrons. The van der Waals surface area contributed by atoms with Crippen molar-refractivity contribution < 1.29 is 4.39 Å². The van der Waals surface area contributed by atoms with Crippen molar-refractivity contribution in [2.24, 2.45) is 5.92 Å². The Morgan fingerprint density at radius 3 is 2.46 bits per heavy atom. The van der Waals surface area contributed by atoms with Crippen LogP contribution in [0.4, 0.5) is 4.39 Å². The van der Waals surface area contributed by atoms with Crippen LogP contribution in [0.15, 0.2) is 24.3 Å². The van der Waals surface area contributed by atoms with Crippen LogP contribution in [0.3, 0.4) is 0 Å². The Balaban J connectivity index is 1.96. The van der Waals surface area contributed by atoms with E-state index in [4.69, 9.17) is 0 Å². The minimum atomic E-state index is -0.152. The summed E-state index contributed by atoms with van der Waals surface area (Å²) in [6.45, 7) is 0. The summed E-state index contributed by atoms with van der Waals surface area (Å²) in [4.78, 5) is 0.581. The van der Waals surface area contributed by atoms with Crippen LogP contribution in [0.2, 0.25) is 0 Å². The van der Waals surface area contributed by atoms with Crippen LogP contribution >= 0.6 is 15.9 Å². The van der Waals surface area contributed by atoms with Gasteiger partial charge in [0.2, 0.25) is 0 Å².